The van der Waals surface area contributed by atoms with E-state index in [0.717, 1.165) is 56.2 Å². The number of aromatic nitrogens is 4. The number of aromatic hydroxyl groups is 1. The molecule has 10 heteroatoms. The molecule has 0 spiro atoms. The second-order valence-electron chi connectivity index (χ2n) is 9.34. The topological polar surface area (TPSA) is 113 Å². The first-order valence-electron chi connectivity index (χ1n) is 12.3. The van der Waals surface area contributed by atoms with Crippen LogP contribution in [0.5, 0.6) is 5.75 Å². The highest BCUT2D eigenvalue weighted by Gasteiger charge is 2.38. The molecule has 1 atom stereocenters. The van der Waals surface area contributed by atoms with Crippen LogP contribution in [-0.4, -0.2) is 54.1 Å². The largest absolute Gasteiger partial charge is 0.508 e. The number of carbonyl (C=O) groups is 2. The number of tetrazole rings is 1. The fraction of sp³-hybridized carbons (Fsp3) is 0.480. The SMILES string of the molecule is O=C(NC1CCCC1)C(c1ccc(O)cc1)N(C(=O)Cn1nnc(-c2cccs2)n1)C1CCCC1. The van der Waals surface area contributed by atoms with Crippen molar-refractivity contribution in [2.45, 2.75) is 76.0 Å². The Balaban J connectivity index is 1.44. The molecule has 2 amide bonds. The van der Waals surface area contributed by atoms with Gasteiger partial charge in [0.1, 0.15) is 18.3 Å². The third kappa shape index (κ3) is 5.37. The van der Waals surface area contributed by atoms with Gasteiger partial charge in [0.15, 0.2) is 0 Å². The van der Waals surface area contributed by atoms with Gasteiger partial charge in [-0.25, -0.2) is 0 Å². The van der Waals surface area contributed by atoms with Crippen LogP contribution in [0.3, 0.4) is 0 Å². The van der Waals surface area contributed by atoms with E-state index in [2.05, 4.69) is 20.7 Å². The Hall–Kier alpha value is -3.27. The van der Waals surface area contributed by atoms with Gasteiger partial charge in [0.05, 0.1) is 4.88 Å². The van der Waals surface area contributed by atoms with Gasteiger partial charge in [-0.15, -0.1) is 21.5 Å². The van der Waals surface area contributed by atoms with Gasteiger partial charge >= 0.3 is 0 Å². The van der Waals surface area contributed by atoms with E-state index in [4.69, 9.17) is 0 Å². The van der Waals surface area contributed by atoms with Crippen molar-refractivity contribution in [2.75, 3.05) is 0 Å². The zero-order chi connectivity index (χ0) is 24.2. The van der Waals surface area contributed by atoms with E-state index in [-0.39, 0.29) is 36.2 Å². The van der Waals surface area contributed by atoms with Crippen LogP contribution in [0.1, 0.15) is 63.0 Å². The molecule has 2 aliphatic rings. The maximum atomic E-state index is 13.8. The summed E-state index contributed by atoms with van der Waals surface area (Å²) in [7, 11) is 0. The fourth-order valence-electron chi connectivity index (χ4n) is 5.20. The Labute approximate surface area is 208 Å². The molecule has 0 radical (unpaired) electrons. The fourth-order valence-corrected chi connectivity index (χ4v) is 5.85. The van der Waals surface area contributed by atoms with Crippen LogP contribution in [0.2, 0.25) is 0 Å². The van der Waals surface area contributed by atoms with Crippen LogP contribution in [0, 0.1) is 0 Å². The molecule has 2 aromatic heterocycles. The lowest BCUT2D eigenvalue weighted by molar-refractivity contribution is -0.144. The molecule has 2 aliphatic carbocycles. The third-order valence-electron chi connectivity index (χ3n) is 6.91. The number of thiophene rings is 1. The molecule has 0 bridgehead atoms. The monoisotopic (exact) mass is 494 g/mol. The van der Waals surface area contributed by atoms with E-state index in [1.807, 2.05) is 17.5 Å². The molecule has 3 aromatic rings. The number of benzene rings is 1. The summed E-state index contributed by atoms with van der Waals surface area (Å²) in [5.41, 5.74) is 0.685. The van der Waals surface area contributed by atoms with Crippen molar-refractivity contribution in [1.82, 2.24) is 30.4 Å². The maximum Gasteiger partial charge on any atom is 0.247 e. The number of carbonyl (C=O) groups excluding carboxylic acids is 2. The number of phenolic OH excluding ortho intramolecular Hbond substituents is 1. The molecule has 0 saturated heterocycles. The Bertz CT molecular complexity index is 1130. The molecule has 2 N–H and O–H groups in total. The average Bonchev–Trinajstić information content (AvgIpc) is 3.66. The molecule has 9 nitrogen and oxygen atoms in total. The van der Waals surface area contributed by atoms with Crippen molar-refractivity contribution in [3.63, 3.8) is 0 Å². The maximum absolute atomic E-state index is 13.8. The normalized spacial score (nSPS) is 17.5. The second-order valence-corrected chi connectivity index (χ2v) is 10.3. The molecular weight excluding hydrogens is 464 g/mol. The first-order valence-corrected chi connectivity index (χ1v) is 13.2. The number of amides is 2. The van der Waals surface area contributed by atoms with Gasteiger partial charge in [-0.1, -0.05) is 43.9 Å². The van der Waals surface area contributed by atoms with Crippen LogP contribution in [-0.2, 0) is 16.1 Å². The van der Waals surface area contributed by atoms with Crippen molar-refractivity contribution in [3.05, 3.63) is 47.3 Å². The highest BCUT2D eigenvalue weighted by molar-refractivity contribution is 7.13. The van der Waals surface area contributed by atoms with Crippen LogP contribution in [0.15, 0.2) is 41.8 Å². The number of nitrogens with zero attached hydrogens (tertiary/aromatic N) is 5. The van der Waals surface area contributed by atoms with Gasteiger partial charge in [-0.05, 0) is 60.0 Å². The number of hydrogen-bond acceptors (Lipinski definition) is 7. The van der Waals surface area contributed by atoms with E-state index in [1.54, 1.807) is 29.2 Å². The summed E-state index contributed by atoms with van der Waals surface area (Å²) in [6, 6.07) is 9.71. The van der Waals surface area contributed by atoms with Gasteiger partial charge in [-0.2, -0.15) is 4.80 Å². The van der Waals surface area contributed by atoms with Crippen molar-refractivity contribution < 1.29 is 14.7 Å². The highest BCUT2D eigenvalue weighted by atomic mass is 32.1. The van der Waals surface area contributed by atoms with Gasteiger partial charge < -0.3 is 15.3 Å². The Morgan fingerprint density at radius 2 is 1.80 bits per heavy atom. The van der Waals surface area contributed by atoms with Crippen LogP contribution < -0.4 is 5.32 Å². The third-order valence-corrected chi connectivity index (χ3v) is 7.78. The summed E-state index contributed by atoms with van der Waals surface area (Å²) >= 11 is 1.51. The number of hydrogen-bond donors (Lipinski definition) is 2. The molecule has 5 rings (SSSR count). The van der Waals surface area contributed by atoms with Gasteiger partial charge in [-0.3, -0.25) is 9.59 Å². The summed E-state index contributed by atoms with van der Waals surface area (Å²) < 4.78 is 0. The number of rotatable bonds is 8. The predicted molar refractivity (Wildman–Crippen MR) is 131 cm³/mol. The first-order chi connectivity index (χ1) is 17.1. The Morgan fingerprint density at radius 3 is 2.49 bits per heavy atom. The Morgan fingerprint density at radius 1 is 1.09 bits per heavy atom. The summed E-state index contributed by atoms with van der Waals surface area (Å²) in [5, 5.41) is 27.6. The van der Waals surface area contributed by atoms with Crippen molar-refractivity contribution in [3.8, 4) is 16.5 Å². The molecular formula is C25H30N6O3S. The van der Waals surface area contributed by atoms with Gasteiger partial charge in [0, 0.05) is 12.1 Å². The molecule has 2 heterocycles. The van der Waals surface area contributed by atoms with Crippen molar-refractivity contribution in [2.24, 2.45) is 0 Å². The van der Waals surface area contributed by atoms with E-state index in [0.29, 0.717) is 11.4 Å². The van der Waals surface area contributed by atoms with E-state index < -0.39 is 6.04 Å². The minimum Gasteiger partial charge on any atom is -0.508 e. The molecule has 1 unspecified atom stereocenters. The smallest absolute Gasteiger partial charge is 0.247 e. The van der Waals surface area contributed by atoms with Crippen molar-refractivity contribution in [1.29, 1.82) is 0 Å². The molecule has 1 aromatic carbocycles. The minimum atomic E-state index is -0.785. The van der Waals surface area contributed by atoms with E-state index in [9.17, 15) is 14.7 Å². The second kappa shape index (κ2) is 10.6. The zero-order valence-electron chi connectivity index (χ0n) is 19.5. The average molecular weight is 495 g/mol. The lowest BCUT2D eigenvalue weighted by Gasteiger charge is -2.36. The highest BCUT2D eigenvalue weighted by Crippen LogP contribution is 2.33. The summed E-state index contributed by atoms with van der Waals surface area (Å²) in [5.74, 6) is 0.213. The lowest BCUT2D eigenvalue weighted by Crippen LogP contribution is -2.50. The minimum absolute atomic E-state index is 0.0454. The van der Waals surface area contributed by atoms with E-state index in [1.165, 1.54) is 16.1 Å². The van der Waals surface area contributed by atoms with Crippen LogP contribution in [0.25, 0.3) is 10.7 Å². The van der Waals surface area contributed by atoms with Crippen molar-refractivity contribution >= 4 is 23.2 Å². The molecule has 2 fully saturated rings. The molecule has 184 valence electrons. The molecule has 0 aliphatic heterocycles. The first kappa shape index (κ1) is 23.5. The van der Waals surface area contributed by atoms with Crippen LogP contribution >= 0.6 is 11.3 Å². The number of nitrogens with one attached hydrogen (secondary N) is 1. The van der Waals surface area contributed by atoms with Gasteiger partial charge in [0.25, 0.3) is 0 Å². The lowest BCUT2D eigenvalue weighted by atomic mass is 10.00. The summed E-state index contributed by atoms with van der Waals surface area (Å²) in [4.78, 5) is 31.4. The number of phenols is 1. The molecule has 2 saturated carbocycles. The zero-order valence-corrected chi connectivity index (χ0v) is 20.4. The quantitative estimate of drug-likeness (QED) is 0.494. The summed E-state index contributed by atoms with van der Waals surface area (Å²) in [6.45, 7) is -0.0971. The predicted octanol–water partition coefficient (Wildman–Crippen LogP) is 3.68. The van der Waals surface area contributed by atoms with Crippen LogP contribution in [0.4, 0.5) is 0 Å². The Kier molecular flexibility index (Phi) is 7.08. The van der Waals surface area contributed by atoms with Gasteiger partial charge in [0.2, 0.25) is 17.6 Å². The summed E-state index contributed by atoms with van der Waals surface area (Å²) in [6.07, 6.45) is 7.86. The molecule has 35 heavy (non-hydrogen) atoms. The standard InChI is InChI=1S/C25H30N6O3S/c32-20-13-11-17(12-14-20)23(25(34)26-18-6-1-2-7-18)31(19-8-3-4-9-19)22(33)16-30-28-24(27-29-30)21-10-5-15-35-21/h5,10-15,18-19,23,32H,1-4,6-9,16H2,(H,26,34). The van der Waals surface area contributed by atoms with E-state index >= 15 is 0 Å².